The van der Waals surface area contributed by atoms with Gasteiger partial charge in [0.1, 0.15) is 6.10 Å². The van der Waals surface area contributed by atoms with Crippen molar-refractivity contribution in [3.05, 3.63) is 17.0 Å². The van der Waals surface area contributed by atoms with Crippen molar-refractivity contribution in [3.8, 4) is 0 Å². The molecule has 2 fully saturated rings. The largest absolute Gasteiger partial charge is 0.461 e. The number of hydrogen-bond donors (Lipinski definition) is 2. The monoisotopic (exact) mass is 418 g/mol. The molecule has 6 nitrogen and oxygen atoms in total. The predicted octanol–water partition coefficient (Wildman–Crippen LogP) is 2.64. The van der Waals surface area contributed by atoms with Crippen LogP contribution in [0.1, 0.15) is 55.5 Å². The fourth-order valence-electron chi connectivity index (χ4n) is 4.78. The first kappa shape index (κ1) is 22.5. The number of nitrogens with zero attached hydrogens (tertiary/aromatic N) is 2. The quantitative estimate of drug-likeness (QED) is 0.580. The summed E-state index contributed by atoms with van der Waals surface area (Å²) in [6.45, 7) is 3.48. The fourth-order valence-corrected chi connectivity index (χ4v) is 4.78. The third-order valence-corrected chi connectivity index (χ3v) is 6.21. The van der Waals surface area contributed by atoms with Crippen LogP contribution in [0.5, 0.6) is 0 Å². The molecule has 1 aromatic rings. The predicted molar refractivity (Wildman–Crippen MR) is 110 cm³/mol. The highest BCUT2D eigenvalue weighted by Crippen LogP contribution is 2.41. The van der Waals surface area contributed by atoms with E-state index in [1.165, 1.54) is 36.2 Å². The van der Waals surface area contributed by atoms with Gasteiger partial charge in [-0.1, -0.05) is 6.42 Å². The van der Waals surface area contributed by atoms with Crippen molar-refractivity contribution < 1.29 is 9.53 Å². The maximum Gasteiger partial charge on any atom is 0.312 e. The highest BCUT2D eigenvalue weighted by molar-refractivity contribution is 5.85. The standard InChI is InChI=1S/C19H30N4O2.2ClH/c1-23(13-17-15-5-3-2-4-6-16(15)21-22-17)12-14-11-19(18(24)25-14)7-9-20-10-8-19;;/h14,20H,2-13H2,1H3,(H,21,22);2*1H. The molecule has 0 bridgehead atoms. The molecule has 1 aromatic heterocycles. The molecular weight excluding hydrogens is 387 g/mol. The third-order valence-electron chi connectivity index (χ3n) is 6.21. The zero-order chi connectivity index (χ0) is 17.3. The van der Waals surface area contributed by atoms with Crippen LogP contribution in [-0.4, -0.2) is 53.9 Å². The summed E-state index contributed by atoms with van der Waals surface area (Å²) in [6, 6.07) is 0. The number of ether oxygens (including phenoxy) is 1. The van der Waals surface area contributed by atoms with E-state index in [1.807, 2.05) is 0 Å². The summed E-state index contributed by atoms with van der Waals surface area (Å²) >= 11 is 0. The number of piperidine rings is 1. The minimum absolute atomic E-state index is 0. The van der Waals surface area contributed by atoms with Crippen molar-refractivity contribution in [1.29, 1.82) is 0 Å². The van der Waals surface area contributed by atoms with Crippen molar-refractivity contribution >= 4 is 30.8 Å². The summed E-state index contributed by atoms with van der Waals surface area (Å²) < 4.78 is 5.74. The van der Waals surface area contributed by atoms with Crippen LogP contribution in [0.15, 0.2) is 0 Å². The average molecular weight is 419 g/mol. The molecule has 4 rings (SSSR count). The lowest BCUT2D eigenvalue weighted by Crippen LogP contribution is -2.39. The van der Waals surface area contributed by atoms with E-state index in [9.17, 15) is 4.79 Å². The van der Waals surface area contributed by atoms with E-state index in [0.29, 0.717) is 0 Å². The Morgan fingerprint density at radius 3 is 2.70 bits per heavy atom. The summed E-state index contributed by atoms with van der Waals surface area (Å²) in [7, 11) is 2.11. The minimum Gasteiger partial charge on any atom is -0.461 e. The Labute approximate surface area is 174 Å². The molecule has 2 aliphatic heterocycles. The first-order valence-electron chi connectivity index (χ1n) is 9.82. The molecule has 0 amide bonds. The van der Waals surface area contributed by atoms with Gasteiger partial charge in [0.2, 0.25) is 0 Å². The number of esters is 1. The zero-order valence-corrected chi connectivity index (χ0v) is 17.7. The molecule has 0 aromatic carbocycles. The van der Waals surface area contributed by atoms with Gasteiger partial charge < -0.3 is 10.1 Å². The third kappa shape index (κ3) is 4.78. The molecule has 27 heavy (non-hydrogen) atoms. The van der Waals surface area contributed by atoms with Gasteiger partial charge in [-0.15, -0.1) is 24.8 Å². The second-order valence-electron chi connectivity index (χ2n) is 8.15. The minimum atomic E-state index is -0.222. The van der Waals surface area contributed by atoms with Crippen molar-refractivity contribution in [2.75, 3.05) is 26.7 Å². The van der Waals surface area contributed by atoms with Crippen LogP contribution >= 0.6 is 24.8 Å². The maximum atomic E-state index is 12.4. The van der Waals surface area contributed by atoms with Gasteiger partial charge in [0.25, 0.3) is 0 Å². The molecule has 3 heterocycles. The summed E-state index contributed by atoms with van der Waals surface area (Å²) in [6.07, 6.45) is 8.83. The molecular formula is C19H32Cl2N4O2. The van der Waals surface area contributed by atoms with Crippen molar-refractivity contribution in [2.24, 2.45) is 5.41 Å². The SMILES string of the molecule is CN(Cc1n[nH]c2c1CCCCC2)CC1CC2(CCNCC2)C(=O)O1.Cl.Cl. The number of nitrogens with one attached hydrogen (secondary N) is 2. The number of hydrogen-bond acceptors (Lipinski definition) is 5. The van der Waals surface area contributed by atoms with Gasteiger partial charge in [0, 0.05) is 25.2 Å². The van der Waals surface area contributed by atoms with E-state index >= 15 is 0 Å². The van der Waals surface area contributed by atoms with Crippen LogP contribution in [0, 0.1) is 5.41 Å². The second kappa shape index (κ2) is 9.59. The van der Waals surface area contributed by atoms with Gasteiger partial charge in [0.15, 0.2) is 0 Å². The second-order valence-corrected chi connectivity index (χ2v) is 8.15. The molecule has 2 N–H and O–H groups in total. The molecule has 1 aliphatic carbocycles. The fraction of sp³-hybridized carbons (Fsp3) is 0.789. The van der Waals surface area contributed by atoms with Crippen LogP contribution in [0.25, 0.3) is 0 Å². The summed E-state index contributed by atoms with van der Waals surface area (Å²) in [5.74, 6) is 0.0287. The van der Waals surface area contributed by atoms with Crippen molar-refractivity contribution in [3.63, 3.8) is 0 Å². The topological polar surface area (TPSA) is 70.2 Å². The van der Waals surface area contributed by atoms with Crippen LogP contribution in [0.3, 0.4) is 0 Å². The van der Waals surface area contributed by atoms with Gasteiger partial charge in [-0.3, -0.25) is 14.8 Å². The van der Waals surface area contributed by atoms with Gasteiger partial charge in [-0.2, -0.15) is 5.10 Å². The van der Waals surface area contributed by atoms with Crippen LogP contribution in [-0.2, 0) is 28.9 Å². The van der Waals surface area contributed by atoms with Crippen LogP contribution in [0.4, 0.5) is 0 Å². The lowest BCUT2D eigenvalue weighted by Gasteiger charge is -2.29. The molecule has 1 atom stereocenters. The number of likely N-dealkylation sites (N-methyl/N-ethyl adjacent to an activating group) is 1. The maximum absolute atomic E-state index is 12.4. The van der Waals surface area contributed by atoms with Gasteiger partial charge in [-0.05, 0) is 64.2 Å². The number of aromatic nitrogens is 2. The average Bonchev–Trinajstić information content (AvgIpc) is 2.99. The van der Waals surface area contributed by atoms with Crippen LogP contribution in [0.2, 0.25) is 0 Å². The van der Waals surface area contributed by atoms with E-state index < -0.39 is 0 Å². The van der Waals surface area contributed by atoms with Gasteiger partial charge in [0.05, 0.1) is 11.1 Å². The van der Waals surface area contributed by atoms with Crippen LogP contribution < -0.4 is 5.32 Å². The van der Waals surface area contributed by atoms with E-state index in [1.54, 1.807) is 0 Å². The Morgan fingerprint density at radius 2 is 1.93 bits per heavy atom. The van der Waals surface area contributed by atoms with E-state index in [-0.39, 0.29) is 42.3 Å². The number of H-pyrrole nitrogens is 1. The van der Waals surface area contributed by atoms with Gasteiger partial charge in [-0.25, -0.2) is 0 Å². The molecule has 0 saturated carbocycles. The number of rotatable bonds is 4. The number of carbonyl (C=O) groups is 1. The Balaban J connectivity index is 0.00000131. The number of fused-ring (bicyclic) bond motifs is 1. The number of cyclic esters (lactones) is 1. The Bertz CT molecular complexity index is 631. The Morgan fingerprint density at radius 1 is 1.19 bits per heavy atom. The lowest BCUT2D eigenvalue weighted by molar-refractivity contribution is -0.150. The highest BCUT2D eigenvalue weighted by atomic mass is 35.5. The summed E-state index contributed by atoms with van der Waals surface area (Å²) in [5.41, 5.74) is 3.73. The number of carbonyl (C=O) groups excluding carboxylic acids is 1. The Hall–Kier alpha value is -0.820. The van der Waals surface area contributed by atoms with Crippen molar-refractivity contribution in [1.82, 2.24) is 20.4 Å². The first-order valence-corrected chi connectivity index (χ1v) is 9.82. The van der Waals surface area contributed by atoms with Gasteiger partial charge >= 0.3 is 5.97 Å². The molecule has 1 spiro atoms. The number of halogens is 2. The highest BCUT2D eigenvalue weighted by Gasteiger charge is 2.49. The Kier molecular flexibility index (Phi) is 7.98. The van der Waals surface area contributed by atoms with E-state index in [0.717, 1.165) is 58.3 Å². The summed E-state index contributed by atoms with van der Waals surface area (Å²) in [5, 5.41) is 11.2. The van der Waals surface area contributed by atoms with Crippen molar-refractivity contribution in [2.45, 2.75) is 64.0 Å². The van der Waals surface area contributed by atoms with E-state index in [4.69, 9.17) is 4.74 Å². The first-order chi connectivity index (χ1) is 12.2. The summed E-state index contributed by atoms with van der Waals surface area (Å²) in [4.78, 5) is 14.7. The number of aryl methyl sites for hydroxylation is 1. The molecule has 2 saturated heterocycles. The smallest absolute Gasteiger partial charge is 0.312 e. The molecule has 3 aliphatic rings. The van der Waals surface area contributed by atoms with E-state index in [2.05, 4.69) is 27.5 Å². The lowest BCUT2D eigenvalue weighted by atomic mass is 9.76. The molecule has 154 valence electrons. The number of aromatic amines is 1. The zero-order valence-electron chi connectivity index (χ0n) is 16.1. The molecule has 1 unspecified atom stereocenters. The normalized spacial score (nSPS) is 23.9. The molecule has 8 heteroatoms. The molecule has 0 radical (unpaired) electrons.